The molecule has 13 heteroatoms. The summed E-state index contributed by atoms with van der Waals surface area (Å²) >= 11 is 0. The smallest absolute Gasteiger partial charge is 0.329 e. The van der Waals surface area contributed by atoms with Crippen LogP contribution in [0.5, 0.6) is 0 Å². The van der Waals surface area contributed by atoms with E-state index in [0.717, 1.165) is 5.57 Å². The molecule has 322 valence electrons. The molecular weight excluding hydrogens is 734 g/mol. The number of aliphatic hydroxyl groups is 3. The summed E-state index contributed by atoms with van der Waals surface area (Å²) in [6, 6.07) is -1.07. The first kappa shape index (κ1) is 46.7. The lowest BCUT2D eigenvalue weighted by Gasteiger charge is -2.46. The first-order valence-corrected chi connectivity index (χ1v) is 20.8. The average molecular weight is 804 g/mol. The minimum atomic E-state index is -1.84. The topological polar surface area (TPSA) is 178 Å². The molecule has 3 fully saturated rings. The summed E-state index contributed by atoms with van der Waals surface area (Å²) in [6.45, 7) is 13.1. The third-order valence-electron chi connectivity index (χ3n) is 13.0. The summed E-state index contributed by atoms with van der Waals surface area (Å²) in [4.78, 5) is 57.6. The SMILES string of the molecule is C=CC[C@@H]1C=C(C)C[C@H](C)C[C@H](OC)[C@H]2OC(=O)[C@](C)(C[C@@H]2OC)C(O)C(=O)N2CCCC[C@H]2C(=O)O[C@H](/C(C)=C/[C@@H]2CC[C@@H](O)[C@H](OC)C2)[C@H](C)[C@@H](O)CC1=O. The minimum absolute atomic E-state index is 0.00145. The van der Waals surface area contributed by atoms with Crippen LogP contribution in [-0.4, -0.2) is 127 Å². The van der Waals surface area contributed by atoms with Crippen LogP contribution in [0.3, 0.4) is 0 Å². The van der Waals surface area contributed by atoms with Crippen molar-refractivity contribution in [2.45, 2.75) is 160 Å². The molecule has 0 radical (unpaired) electrons. The van der Waals surface area contributed by atoms with Crippen LogP contribution in [-0.2, 0) is 42.9 Å². The maximum absolute atomic E-state index is 14.3. The number of aliphatic hydroxyl groups excluding tert-OH is 3. The summed E-state index contributed by atoms with van der Waals surface area (Å²) in [5.41, 5.74) is -0.0441. The standard InChI is InChI=1S/C44H69NO12/c1-10-13-30-19-25(2)18-26(3)20-36(54-8)39-37(55-9)24-44(6,43(52)57-39)40(49)41(50)45-17-12-11-14-31(45)42(51)56-38(28(5)33(47)23-34(30)48)27(4)21-29-15-16-32(46)35(22-29)53-7/h10,19,21,26,28-33,35-40,46-47,49H,1,11-18,20,22-24H2,2-9H3/b25-19?,27-21+/t26-,28+,29-,30+,31-,32+,33-,35+,36-,37-,38+,39+,40?,44+/m0/s1. The van der Waals surface area contributed by atoms with Crippen molar-refractivity contribution in [2.24, 2.45) is 29.1 Å². The largest absolute Gasteiger partial charge is 0.456 e. The van der Waals surface area contributed by atoms with E-state index < -0.39 is 83.9 Å². The number of methoxy groups -OCH3 is 3. The second-order valence-corrected chi connectivity index (χ2v) is 17.5. The number of amides is 1. The van der Waals surface area contributed by atoms with E-state index in [2.05, 4.69) is 6.58 Å². The van der Waals surface area contributed by atoms with Crippen molar-refractivity contribution < 1.29 is 58.2 Å². The van der Waals surface area contributed by atoms with Crippen molar-refractivity contribution in [2.75, 3.05) is 27.9 Å². The monoisotopic (exact) mass is 803 g/mol. The van der Waals surface area contributed by atoms with Crippen molar-refractivity contribution in [3.8, 4) is 0 Å². The van der Waals surface area contributed by atoms with Gasteiger partial charge in [0.25, 0.3) is 5.91 Å². The van der Waals surface area contributed by atoms with Gasteiger partial charge in [-0.05, 0) is 102 Å². The molecule has 0 aromatic rings. The molecule has 1 saturated carbocycles. The van der Waals surface area contributed by atoms with Gasteiger partial charge in [-0.25, -0.2) is 4.79 Å². The summed E-state index contributed by atoms with van der Waals surface area (Å²) in [5, 5.41) is 33.9. The molecule has 5 aliphatic rings. The minimum Gasteiger partial charge on any atom is -0.456 e. The normalized spacial score (nSPS) is 39.9. The number of esters is 2. The number of ketones is 1. The maximum atomic E-state index is 14.3. The Hall–Kier alpha value is -2.94. The molecule has 2 bridgehead atoms. The molecule has 1 amide bonds. The number of allylic oxidation sites excluding steroid dienone is 4. The number of piperidine rings is 1. The lowest BCUT2D eigenvalue weighted by molar-refractivity contribution is -0.213. The molecule has 1 unspecified atom stereocenters. The molecule has 5 rings (SSSR count). The summed E-state index contributed by atoms with van der Waals surface area (Å²) in [5.74, 6) is -3.65. The number of carbonyl (C=O) groups is 4. The highest BCUT2D eigenvalue weighted by molar-refractivity contribution is 5.92. The highest BCUT2D eigenvalue weighted by atomic mass is 16.6. The summed E-state index contributed by atoms with van der Waals surface area (Å²) in [6.07, 6.45) is 3.13. The molecule has 14 atom stereocenters. The van der Waals surface area contributed by atoms with E-state index in [1.165, 1.54) is 26.0 Å². The van der Waals surface area contributed by atoms with E-state index in [1.807, 2.05) is 32.9 Å². The predicted octanol–water partition coefficient (Wildman–Crippen LogP) is 4.64. The Balaban J connectivity index is 1.76. The molecule has 4 aliphatic heterocycles. The second-order valence-electron chi connectivity index (χ2n) is 17.5. The zero-order valence-corrected chi connectivity index (χ0v) is 35.4. The van der Waals surface area contributed by atoms with E-state index in [4.69, 9.17) is 23.7 Å². The van der Waals surface area contributed by atoms with Crippen LogP contribution >= 0.6 is 0 Å². The fourth-order valence-corrected chi connectivity index (χ4v) is 9.43. The molecule has 2 saturated heterocycles. The first-order chi connectivity index (χ1) is 27.0. The summed E-state index contributed by atoms with van der Waals surface area (Å²) < 4.78 is 29.5. The molecule has 13 nitrogen and oxygen atoms in total. The molecule has 4 heterocycles. The lowest BCUT2D eigenvalue weighted by atomic mass is 9.74. The van der Waals surface area contributed by atoms with Gasteiger partial charge in [-0.1, -0.05) is 37.6 Å². The lowest BCUT2D eigenvalue weighted by Crippen LogP contribution is -2.62. The van der Waals surface area contributed by atoms with E-state index in [-0.39, 0.29) is 49.5 Å². The first-order valence-electron chi connectivity index (χ1n) is 20.8. The van der Waals surface area contributed by atoms with Gasteiger partial charge < -0.3 is 43.9 Å². The molecule has 57 heavy (non-hydrogen) atoms. The van der Waals surface area contributed by atoms with Gasteiger partial charge >= 0.3 is 11.9 Å². The van der Waals surface area contributed by atoms with Crippen LogP contribution in [0.2, 0.25) is 0 Å². The predicted molar refractivity (Wildman–Crippen MR) is 213 cm³/mol. The number of carbonyl (C=O) groups excluding carboxylic acids is 4. The Morgan fingerprint density at radius 1 is 0.930 bits per heavy atom. The van der Waals surface area contributed by atoms with Crippen LogP contribution in [0.15, 0.2) is 36.0 Å². The number of nitrogens with zero attached hydrogens (tertiary/aromatic N) is 1. The Bertz CT molecular complexity index is 1480. The van der Waals surface area contributed by atoms with Gasteiger partial charge in [-0.15, -0.1) is 6.58 Å². The number of rotatable bonds is 7. The van der Waals surface area contributed by atoms with Gasteiger partial charge in [0.1, 0.15) is 29.4 Å². The van der Waals surface area contributed by atoms with Crippen molar-refractivity contribution in [3.63, 3.8) is 0 Å². The number of hydrogen-bond acceptors (Lipinski definition) is 12. The zero-order valence-electron chi connectivity index (χ0n) is 35.4. The number of Topliss-reactive ketones (excluding diaryl/α,β-unsaturated/α-hetero) is 1. The van der Waals surface area contributed by atoms with Crippen LogP contribution < -0.4 is 0 Å². The van der Waals surface area contributed by atoms with Gasteiger partial charge in [0.05, 0.1) is 30.5 Å². The fourth-order valence-electron chi connectivity index (χ4n) is 9.43. The van der Waals surface area contributed by atoms with E-state index >= 15 is 0 Å². The Morgan fingerprint density at radius 2 is 1.61 bits per heavy atom. The number of fused-ring (bicyclic) bond motifs is 15. The van der Waals surface area contributed by atoms with Gasteiger partial charge in [-0.2, -0.15) is 0 Å². The van der Waals surface area contributed by atoms with Crippen LogP contribution in [0, 0.1) is 29.1 Å². The zero-order chi connectivity index (χ0) is 42.2. The number of hydrogen-bond donors (Lipinski definition) is 3. The van der Waals surface area contributed by atoms with Gasteiger partial charge in [0, 0.05) is 46.1 Å². The fraction of sp³-hybridized carbons (Fsp3) is 0.773. The van der Waals surface area contributed by atoms with Crippen molar-refractivity contribution in [1.29, 1.82) is 0 Å². The van der Waals surface area contributed by atoms with E-state index in [9.17, 15) is 34.5 Å². The van der Waals surface area contributed by atoms with Crippen LogP contribution in [0.1, 0.15) is 105 Å². The van der Waals surface area contributed by atoms with Crippen molar-refractivity contribution in [1.82, 2.24) is 4.90 Å². The highest BCUT2D eigenvalue weighted by Gasteiger charge is 2.56. The number of ether oxygens (including phenoxy) is 5. The molecule has 1 aliphatic carbocycles. The molecule has 0 aromatic carbocycles. The van der Waals surface area contributed by atoms with Gasteiger partial charge in [0.15, 0.2) is 6.10 Å². The molecule has 3 N–H and O–H groups in total. The van der Waals surface area contributed by atoms with E-state index in [0.29, 0.717) is 56.9 Å². The van der Waals surface area contributed by atoms with Gasteiger partial charge in [-0.3, -0.25) is 14.4 Å². The van der Waals surface area contributed by atoms with Crippen molar-refractivity contribution in [3.05, 3.63) is 36.0 Å². The quantitative estimate of drug-likeness (QED) is 0.240. The third kappa shape index (κ3) is 11.2. The Labute approximate surface area is 339 Å². The molecule has 0 aromatic heterocycles. The highest BCUT2D eigenvalue weighted by Crippen LogP contribution is 2.41. The Morgan fingerprint density at radius 3 is 2.26 bits per heavy atom. The molecule has 0 spiro atoms. The second kappa shape index (κ2) is 20.8. The third-order valence-corrected chi connectivity index (χ3v) is 13.0. The maximum Gasteiger partial charge on any atom is 0.329 e. The van der Waals surface area contributed by atoms with Crippen molar-refractivity contribution >= 4 is 23.6 Å². The van der Waals surface area contributed by atoms with Crippen LogP contribution in [0.4, 0.5) is 0 Å². The van der Waals surface area contributed by atoms with Crippen LogP contribution in [0.25, 0.3) is 0 Å². The van der Waals surface area contributed by atoms with Gasteiger partial charge in [0.2, 0.25) is 0 Å². The average Bonchev–Trinajstić information content (AvgIpc) is 3.18. The van der Waals surface area contributed by atoms with E-state index in [1.54, 1.807) is 20.1 Å². The Kier molecular flexibility index (Phi) is 17.1. The summed E-state index contributed by atoms with van der Waals surface area (Å²) in [7, 11) is 4.59. The molecular formula is C44H69NO12.